The first-order chi connectivity index (χ1) is 4.90. The Morgan fingerprint density at radius 3 is 2.90 bits per heavy atom. The maximum atomic E-state index is 5.46. The summed E-state index contributed by atoms with van der Waals surface area (Å²) < 4.78 is 5.46. The second-order valence-electron chi connectivity index (χ2n) is 2.93. The Hall–Kier alpha value is -0.570. The van der Waals surface area contributed by atoms with Crippen molar-refractivity contribution in [3.05, 3.63) is 0 Å². The minimum Gasteiger partial charge on any atom is -0.474 e. The van der Waals surface area contributed by atoms with E-state index in [4.69, 9.17) is 10.5 Å². The van der Waals surface area contributed by atoms with Gasteiger partial charge in [0.05, 0.1) is 13.1 Å². The average Bonchev–Trinajstić information content (AvgIpc) is 2.70. The third-order valence-corrected chi connectivity index (χ3v) is 2.06. The number of rotatable bonds is 2. The van der Waals surface area contributed by atoms with Crippen LogP contribution in [0.4, 0.5) is 0 Å². The van der Waals surface area contributed by atoms with Gasteiger partial charge in [-0.25, -0.2) is 0 Å². The fraction of sp³-hybridized carbons (Fsp3) is 0.857. The zero-order chi connectivity index (χ0) is 6.97. The maximum Gasteiger partial charge on any atom is 0.197 e. The molecular weight excluding hydrogens is 128 g/mol. The lowest BCUT2D eigenvalue weighted by molar-refractivity contribution is 0.197. The summed E-state index contributed by atoms with van der Waals surface area (Å²) in [7, 11) is 0. The molecule has 0 radical (unpaired) electrons. The molecule has 1 unspecified atom stereocenters. The van der Waals surface area contributed by atoms with E-state index in [1.54, 1.807) is 0 Å². The van der Waals surface area contributed by atoms with Crippen molar-refractivity contribution in [3.63, 3.8) is 0 Å². The average molecular weight is 140 g/mol. The van der Waals surface area contributed by atoms with E-state index >= 15 is 0 Å². The highest BCUT2D eigenvalue weighted by atomic mass is 16.5. The van der Waals surface area contributed by atoms with Crippen molar-refractivity contribution in [2.75, 3.05) is 13.1 Å². The van der Waals surface area contributed by atoms with Gasteiger partial charge in [-0.2, -0.15) is 0 Å². The Kier molecular flexibility index (Phi) is 1.38. The lowest BCUT2D eigenvalue weighted by Gasteiger charge is -2.07. The van der Waals surface area contributed by atoms with Gasteiger partial charge in [-0.3, -0.25) is 4.99 Å². The van der Waals surface area contributed by atoms with Crippen molar-refractivity contribution in [1.29, 1.82) is 0 Å². The summed E-state index contributed by atoms with van der Waals surface area (Å²) in [5.74, 6) is 1.53. The predicted molar refractivity (Wildman–Crippen MR) is 39.0 cm³/mol. The van der Waals surface area contributed by atoms with Crippen molar-refractivity contribution in [2.24, 2.45) is 16.6 Å². The molecule has 0 spiro atoms. The SMILES string of the molecule is NCC1=NCC(C2CC2)O1. The van der Waals surface area contributed by atoms with Gasteiger partial charge < -0.3 is 10.5 Å². The minimum atomic E-state index is 0.374. The maximum absolute atomic E-state index is 5.46. The number of nitrogens with two attached hydrogens (primary N) is 1. The van der Waals surface area contributed by atoms with Crippen molar-refractivity contribution >= 4 is 5.90 Å². The topological polar surface area (TPSA) is 47.6 Å². The molecule has 1 atom stereocenters. The van der Waals surface area contributed by atoms with Crippen LogP contribution in [0.5, 0.6) is 0 Å². The first-order valence-electron chi connectivity index (χ1n) is 3.80. The van der Waals surface area contributed by atoms with E-state index < -0.39 is 0 Å². The number of ether oxygens (including phenoxy) is 1. The van der Waals surface area contributed by atoms with Crippen LogP contribution in [0.3, 0.4) is 0 Å². The smallest absolute Gasteiger partial charge is 0.197 e. The van der Waals surface area contributed by atoms with E-state index in [1.807, 2.05) is 0 Å². The molecule has 3 heteroatoms. The molecule has 0 bridgehead atoms. The van der Waals surface area contributed by atoms with E-state index in [9.17, 15) is 0 Å². The van der Waals surface area contributed by atoms with Gasteiger partial charge in [-0.05, 0) is 18.8 Å². The molecule has 10 heavy (non-hydrogen) atoms. The molecule has 1 aliphatic heterocycles. The van der Waals surface area contributed by atoms with Crippen LogP contribution in [0.2, 0.25) is 0 Å². The van der Waals surface area contributed by atoms with Crippen LogP contribution >= 0.6 is 0 Å². The fourth-order valence-electron chi connectivity index (χ4n) is 1.27. The normalized spacial score (nSPS) is 31.7. The summed E-state index contributed by atoms with van der Waals surface area (Å²) in [6.45, 7) is 1.31. The van der Waals surface area contributed by atoms with E-state index in [2.05, 4.69) is 4.99 Å². The lowest BCUT2D eigenvalue weighted by Crippen LogP contribution is -2.19. The summed E-state index contributed by atoms with van der Waals surface area (Å²) in [4.78, 5) is 4.17. The highest BCUT2D eigenvalue weighted by Crippen LogP contribution is 2.35. The summed E-state index contributed by atoms with van der Waals surface area (Å²) >= 11 is 0. The molecule has 2 aliphatic rings. The molecular formula is C7H12N2O. The van der Waals surface area contributed by atoms with Crippen LogP contribution in [-0.2, 0) is 4.74 Å². The van der Waals surface area contributed by atoms with Crippen LogP contribution in [-0.4, -0.2) is 25.1 Å². The highest BCUT2D eigenvalue weighted by Gasteiger charge is 2.35. The van der Waals surface area contributed by atoms with Crippen LogP contribution in [0.15, 0.2) is 4.99 Å². The van der Waals surface area contributed by atoms with Gasteiger partial charge in [-0.15, -0.1) is 0 Å². The Morgan fingerprint density at radius 1 is 1.60 bits per heavy atom. The minimum absolute atomic E-state index is 0.374. The molecule has 2 N–H and O–H groups in total. The van der Waals surface area contributed by atoms with Crippen molar-refractivity contribution in [1.82, 2.24) is 0 Å². The van der Waals surface area contributed by atoms with E-state index in [0.717, 1.165) is 18.4 Å². The first kappa shape index (κ1) is 6.16. The molecule has 0 amide bonds. The van der Waals surface area contributed by atoms with Gasteiger partial charge in [0.15, 0.2) is 5.90 Å². The molecule has 0 aromatic carbocycles. The van der Waals surface area contributed by atoms with E-state index in [1.165, 1.54) is 12.8 Å². The van der Waals surface area contributed by atoms with Gasteiger partial charge >= 0.3 is 0 Å². The largest absolute Gasteiger partial charge is 0.474 e. The third-order valence-electron chi connectivity index (χ3n) is 2.06. The van der Waals surface area contributed by atoms with Gasteiger partial charge in [0.2, 0.25) is 0 Å². The van der Waals surface area contributed by atoms with Gasteiger partial charge in [-0.1, -0.05) is 0 Å². The molecule has 1 saturated carbocycles. The molecule has 1 aliphatic carbocycles. The fourth-order valence-corrected chi connectivity index (χ4v) is 1.27. The first-order valence-corrected chi connectivity index (χ1v) is 3.80. The summed E-state index contributed by atoms with van der Waals surface area (Å²) in [6.07, 6.45) is 3.01. The summed E-state index contributed by atoms with van der Waals surface area (Å²) in [5.41, 5.74) is 5.36. The highest BCUT2D eigenvalue weighted by molar-refractivity contribution is 5.79. The number of hydrogen-bond acceptors (Lipinski definition) is 3. The van der Waals surface area contributed by atoms with E-state index in [-0.39, 0.29) is 0 Å². The number of nitrogens with zero attached hydrogens (tertiary/aromatic N) is 1. The molecule has 3 nitrogen and oxygen atoms in total. The van der Waals surface area contributed by atoms with Crippen molar-refractivity contribution < 1.29 is 4.74 Å². The molecule has 56 valence electrons. The van der Waals surface area contributed by atoms with E-state index in [0.29, 0.717) is 12.6 Å². The van der Waals surface area contributed by atoms with Gasteiger partial charge in [0, 0.05) is 0 Å². The molecule has 2 rings (SSSR count). The Balaban J connectivity index is 1.86. The zero-order valence-corrected chi connectivity index (χ0v) is 5.92. The van der Waals surface area contributed by atoms with Crippen LogP contribution in [0, 0.1) is 5.92 Å². The predicted octanol–water partition coefficient (Wildman–Crippen LogP) is 0.152. The molecule has 1 fully saturated rings. The molecule has 0 aromatic rings. The summed E-state index contributed by atoms with van der Waals surface area (Å²) in [5, 5.41) is 0. The summed E-state index contributed by atoms with van der Waals surface area (Å²) in [6, 6.07) is 0. The Labute approximate surface area is 60.3 Å². The third kappa shape index (κ3) is 1.01. The standard InChI is InChI=1S/C7H12N2O/c8-3-7-9-4-6(10-7)5-1-2-5/h5-6H,1-4,8H2. The monoisotopic (exact) mass is 140 g/mol. The second kappa shape index (κ2) is 2.23. The molecule has 1 heterocycles. The molecule has 0 saturated heterocycles. The quantitative estimate of drug-likeness (QED) is 0.593. The van der Waals surface area contributed by atoms with Gasteiger partial charge in [0.1, 0.15) is 6.10 Å². The van der Waals surface area contributed by atoms with Crippen LogP contribution in [0.1, 0.15) is 12.8 Å². The number of hydrogen-bond donors (Lipinski definition) is 1. The molecule has 0 aromatic heterocycles. The van der Waals surface area contributed by atoms with Crippen molar-refractivity contribution in [2.45, 2.75) is 18.9 Å². The second-order valence-corrected chi connectivity index (χ2v) is 2.93. The zero-order valence-electron chi connectivity index (χ0n) is 5.92. The lowest BCUT2D eigenvalue weighted by atomic mass is 10.2. The Morgan fingerprint density at radius 2 is 2.40 bits per heavy atom. The Bertz CT molecular complexity index is 163. The number of aliphatic imine (C=N–C) groups is 1. The van der Waals surface area contributed by atoms with Gasteiger partial charge in [0.25, 0.3) is 0 Å². The van der Waals surface area contributed by atoms with Crippen LogP contribution in [0.25, 0.3) is 0 Å². The van der Waals surface area contributed by atoms with Crippen LogP contribution < -0.4 is 5.73 Å². The van der Waals surface area contributed by atoms with Crippen molar-refractivity contribution in [3.8, 4) is 0 Å².